The van der Waals surface area contributed by atoms with Crippen LogP contribution in [0.4, 0.5) is 17.1 Å². The summed E-state index contributed by atoms with van der Waals surface area (Å²) in [6, 6.07) is 30.7. The van der Waals surface area contributed by atoms with Crippen molar-refractivity contribution in [1.29, 1.82) is 0 Å². The number of aliphatic hydroxyl groups is 1. The number of nitrogens with one attached hydrogen (secondary N) is 7. The Morgan fingerprint density at radius 3 is 2.23 bits per heavy atom. The third kappa shape index (κ3) is 16.6. The maximum Gasteiger partial charge on any atom is 0.260 e. The van der Waals surface area contributed by atoms with E-state index in [4.69, 9.17) is 23.7 Å². The molecule has 5 unspecified atom stereocenters. The molecule has 3 aliphatic carbocycles. The lowest BCUT2D eigenvalue weighted by atomic mass is 9.64. The van der Waals surface area contributed by atoms with Crippen LogP contribution in [-0.2, 0) is 56.0 Å². The maximum absolute atomic E-state index is 15.6. The summed E-state index contributed by atoms with van der Waals surface area (Å²) in [4.78, 5) is 115. The molecule has 24 nitrogen and oxygen atoms in total. The highest BCUT2D eigenvalue weighted by molar-refractivity contribution is 6.03. The molecule has 5 aliphatic heterocycles. The number of unbranched alkanes of at least 4 members (excludes halogenated alkanes) is 2. The number of hydrogen-bond acceptors (Lipinski definition) is 16. The first kappa shape index (κ1) is 72.5. The van der Waals surface area contributed by atoms with Crippen molar-refractivity contribution in [2.75, 3.05) is 69.1 Å². The van der Waals surface area contributed by atoms with Gasteiger partial charge in [-0.25, -0.2) is 0 Å². The molecule has 104 heavy (non-hydrogen) atoms. The number of amides is 8. The molecule has 5 heterocycles. The van der Waals surface area contributed by atoms with Gasteiger partial charge in [0, 0.05) is 67.7 Å². The van der Waals surface area contributed by atoms with Gasteiger partial charge in [-0.1, -0.05) is 80.3 Å². The molecular formula is C80H94N10O14. The maximum atomic E-state index is 15.6. The van der Waals surface area contributed by atoms with E-state index in [1.54, 1.807) is 51.2 Å². The topological polar surface area (TPSA) is 297 Å². The van der Waals surface area contributed by atoms with E-state index in [-0.39, 0.29) is 72.9 Å². The van der Waals surface area contributed by atoms with Crippen molar-refractivity contribution in [3.63, 3.8) is 0 Å². The molecule has 13 rings (SSSR count). The molecule has 5 fully saturated rings. The Morgan fingerprint density at radius 1 is 0.750 bits per heavy atom. The van der Waals surface area contributed by atoms with Gasteiger partial charge in [-0.3, -0.25) is 43.7 Å². The highest BCUT2D eigenvalue weighted by atomic mass is 16.6. The quantitative estimate of drug-likeness (QED) is 0.0183. The predicted octanol–water partition coefficient (Wildman–Crippen LogP) is 7.10. The summed E-state index contributed by atoms with van der Waals surface area (Å²) in [5, 5.41) is 32.3. The van der Waals surface area contributed by atoms with Gasteiger partial charge >= 0.3 is 0 Å². The van der Waals surface area contributed by atoms with Crippen molar-refractivity contribution in [3.8, 4) is 29.1 Å². The normalized spacial score (nSPS) is 23.0. The monoisotopic (exact) mass is 1420 g/mol. The fraction of sp³-hybridized carbons (Fsp3) is 0.475. The second-order valence-electron chi connectivity index (χ2n) is 29.4. The summed E-state index contributed by atoms with van der Waals surface area (Å²) in [5.41, 5.74) is 6.69. The Hall–Kier alpha value is -9.80. The first-order chi connectivity index (χ1) is 50.3. The number of carbonyl (C=O) groups excluding carboxylic acids is 8. The van der Waals surface area contributed by atoms with Gasteiger partial charge in [-0.15, -0.1) is 0 Å². The van der Waals surface area contributed by atoms with Crippen LogP contribution in [0.1, 0.15) is 142 Å². The molecule has 8 aliphatic rings. The van der Waals surface area contributed by atoms with E-state index >= 15 is 4.79 Å². The second-order valence-corrected chi connectivity index (χ2v) is 29.4. The number of ether oxygens (including phenoxy) is 5. The lowest BCUT2D eigenvalue weighted by Gasteiger charge is -2.49. The van der Waals surface area contributed by atoms with Crippen molar-refractivity contribution in [2.45, 2.75) is 172 Å². The first-order valence-corrected chi connectivity index (χ1v) is 36.6. The van der Waals surface area contributed by atoms with Crippen LogP contribution < -0.4 is 56.3 Å². The van der Waals surface area contributed by atoms with Crippen molar-refractivity contribution >= 4 is 69.9 Å². The van der Waals surface area contributed by atoms with Gasteiger partial charge in [-0.2, -0.15) is 0 Å². The zero-order valence-electron chi connectivity index (χ0n) is 59.7. The summed E-state index contributed by atoms with van der Waals surface area (Å²) in [6.45, 7) is 6.35. The van der Waals surface area contributed by atoms with Gasteiger partial charge < -0.3 is 75.4 Å². The number of para-hydroxylation sites is 1. The molecule has 9 atom stereocenters. The average molecular weight is 1420 g/mol. The fourth-order valence-corrected chi connectivity index (χ4v) is 15.4. The third-order valence-corrected chi connectivity index (χ3v) is 21.6. The lowest BCUT2D eigenvalue weighted by molar-refractivity contribution is -0.163. The molecule has 548 valence electrons. The van der Waals surface area contributed by atoms with Crippen LogP contribution >= 0.6 is 0 Å². The van der Waals surface area contributed by atoms with Crippen molar-refractivity contribution in [1.82, 2.24) is 36.4 Å². The fourth-order valence-electron chi connectivity index (χ4n) is 15.4. The molecule has 0 bridgehead atoms. The second kappa shape index (κ2) is 31.7. The van der Waals surface area contributed by atoms with E-state index in [0.717, 1.165) is 84.9 Å². The number of carbonyl (C=O) groups is 8. The van der Waals surface area contributed by atoms with Gasteiger partial charge in [-0.05, 0) is 166 Å². The molecular weight excluding hydrogens is 1320 g/mol. The number of rotatable bonds is 28. The van der Waals surface area contributed by atoms with Crippen LogP contribution in [0.15, 0.2) is 115 Å². The van der Waals surface area contributed by atoms with Crippen LogP contribution in [0.3, 0.4) is 0 Å². The lowest BCUT2D eigenvalue weighted by Crippen LogP contribution is -2.62. The minimum absolute atomic E-state index is 0.00853. The van der Waals surface area contributed by atoms with Crippen LogP contribution in [0.5, 0.6) is 17.2 Å². The van der Waals surface area contributed by atoms with E-state index in [0.29, 0.717) is 91.7 Å². The molecule has 5 aromatic carbocycles. The van der Waals surface area contributed by atoms with Crippen LogP contribution in [0.25, 0.3) is 5.57 Å². The van der Waals surface area contributed by atoms with Gasteiger partial charge in [0.05, 0.1) is 93.2 Å². The Balaban J connectivity index is 0.572. The molecule has 24 heteroatoms. The minimum atomic E-state index is -1.08. The van der Waals surface area contributed by atoms with Crippen molar-refractivity contribution in [3.05, 3.63) is 149 Å². The highest BCUT2D eigenvalue weighted by Crippen LogP contribution is 2.58. The van der Waals surface area contributed by atoms with E-state index in [2.05, 4.69) is 49.1 Å². The molecule has 0 aromatic heterocycles. The minimum Gasteiger partial charge on any atom is -0.497 e. The number of fused-ring (bicyclic) bond motifs is 6. The standard InChI is InChI=1S/C80H94N10O14/c1-48(2)73(87-71(93)44-83-70(92)43-82-69(91)29-30-72(94)89-45-54-15-8-7-13-51(54)19-20-53-14-9-10-16-62(53)89)76(97)84-49(3)74(95)85-56-23-17-50(18-24-56)39-80-41-67(104-59-27-28-59)66(38-68(80)86-75(96)63-40-79(31-32-79)47-90(63)78(80)99)103-34-12-6-11-33-102-65-37-61-60(36-64(65)101-5)77(98)88-46-55(35-57(88)42-81-61)52-21-25-58(100-4)26-22-52/h7-10,13-18,21-26,36-37,46,48-49,57,59,63,66-68,73,75,81,86,96H,6,11-12,27-35,38-45,47H2,1-5H3,(H,82,91)(H,83,92)(H,84,97)(H,85,95)(H,87,93)/t49-,57-,63-,66?,67?,68?,73-,75?,80?/m0/s1. The molecule has 8 N–H and O–H groups in total. The van der Waals surface area contributed by atoms with Gasteiger partial charge in [0.15, 0.2) is 11.5 Å². The van der Waals surface area contributed by atoms with Gasteiger partial charge in [0.2, 0.25) is 41.4 Å². The number of methoxy groups -OCH3 is 2. The number of aliphatic hydroxyl groups excluding tert-OH is 1. The zero-order valence-corrected chi connectivity index (χ0v) is 59.7. The number of benzene rings is 5. The molecule has 1 spiro atoms. The van der Waals surface area contributed by atoms with Crippen LogP contribution in [0.2, 0.25) is 0 Å². The summed E-state index contributed by atoms with van der Waals surface area (Å²) < 4.78 is 31.0. The first-order valence-electron chi connectivity index (χ1n) is 36.6. The van der Waals surface area contributed by atoms with Crippen molar-refractivity contribution in [2.24, 2.45) is 16.7 Å². The summed E-state index contributed by atoms with van der Waals surface area (Å²) in [5.74, 6) is 4.34. The largest absolute Gasteiger partial charge is 0.497 e. The molecule has 0 radical (unpaired) electrons. The van der Waals surface area contributed by atoms with Crippen LogP contribution in [-0.4, -0.2) is 171 Å². The highest BCUT2D eigenvalue weighted by Gasteiger charge is 2.63. The van der Waals surface area contributed by atoms with E-state index < -0.39 is 78.3 Å². The Bertz CT molecular complexity index is 4160. The number of nitrogens with zero attached hydrogens (tertiary/aromatic N) is 3. The summed E-state index contributed by atoms with van der Waals surface area (Å²) in [7, 11) is 3.21. The third-order valence-electron chi connectivity index (χ3n) is 21.6. The van der Waals surface area contributed by atoms with Crippen LogP contribution in [0, 0.1) is 28.6 Å². The summed E-state index contributed by atoms with van der Waals surface area (Å²) >= 11 is 0. The van der Waals surface area contributed by atoms with Crippen molar-refractivity contribution < 1.29 is 67.1 Å². The van der Waals surface area contributed by atoms with Gasteiger partial charge in [0.25, 0.3) is 5.91 Å². The number of anilines is 3. The average Bonchev–Trinajstić information content (AvgIpc) is 1.47. The van der Waals surface area contributed by atoms with E-state index in [9.17, 15) is 38.7 Å². The van der Waals surface area contributed by atoms with E-state index in [1.807, 2.05) is 107 Å². The van der Waals surface area contributed by atoms with Gasteiger partial charge in [0.1, 0.15) is 24.1 Å². The molecule has 5 aromatic rings. The zero-order chi connectivity index (χ0) is 72.8. The Morgan fingerprint density at radius 2 is 1.48 bits per heavy atom. The Labute approximate surface area is 606 Å². The predicted molar refractivity (Wildman–Crippen MR) is 389 cm³/mol. The smallest absolute Gasteiger partial charge is 0.260 e. The van der Waals surface area contributed by atoms with E-state index in [1.165, 1.54) is 6.92 Å². The molecule has 2 saturated heterocycles. The molecule has 8 amide bonds. The SMILES string of the molecule is COc1ccc(C2=CN3C(=O)c4cc(OC)c(OCCCCCOC5CC6NC(O)[C@@H]7CC8(CC8)CN7C(=O)C6(Cc6ccc(NC(=O)[C@H](C)NC(=O)[C@@H](NC(=O)CNC(=O)CNC(=O)CCC(=O)N7Cc8ccccc8C#Cc8ccccc87)C(C)C)cc6)CC5OC5CC5)cc4NC[C@@H]3C2)cc1. The number of hydrogen-bond donors (Lipinski definition) is 8. The Kier molecular flexibility index (Phi) is 22.1. The molecule has 3 saturated carbocycles. The summed E-state index contributed by atoms with van der Waals surface area (Å²) in [6.07, 6.45) is 8.85.